The van der Waals surface area contributed by atoms with E-state index in [0.29, 0.717) is 13.2 Å². The summed E-state index contributed by atoms with van der Waals surface area (Å²) in [6.07, 6.45) is 1.13. The monoisotopic (exact) mass is 312 g/mol. The molecule has 0 spiro atoms. The highest BCUT2D eigenvalue weighted by molar-refractivity contribution is 7.90. The van der Waals surface area contributed by atoms with Crippen molar-refractivity contribution in [1.29, 1.82) is 0 Å². The molecule has 1 N–H and O–H groups in total. The second-order valence-electron chi connectivity index (χ2n) is 3.45. The summed E-state index contributed by atoms with van der Waals surface area (Å²) in [5.41, 5.74) is 0. The van der Waals surface area contributed by atoms with Crippen LogP contribution in [0.1, 0.15) is 0 Å². The predicted octanol–water partition coefficient (Wildman–Crippen LogP) is 0.772. The molecule has 0 atom stereocenters. The first-order valence-electron chi connectivity index (χ1n) is 5.02. The van der Waals surface area contributed by atoms with Crippen LogP contribution in [0.25, 0.3) is 0 Å². The number of halogens is 2. The van der Waals surface area contributed by atoms with Gasteiger partial charge in [-0.2, -0.15) is 12.7 Å². The Balaban J connectivity index is 2.19. The third kappa shape index (κ3) is 3.01. The summed E-state index contributed by atoms with van der Waals surface area (Å²) in [7, 11) is -3.71. The number of nitrogens with zero attached hydrogens (tertiary/aromatic N) is 3. The quantitative estimate of drug-likeness (QED) is 0.833. The molecule has 1 fully saturated rings. The number of nitrogens with one attached hydrogen (secondary N) is 1. The van der Waals surface area contributed by atoms with E-state index in [1.165, 1.54) is 4.31 Å². The lowest BCUT2D eigenvalue weighted by Gasteiger charge is -2.26. The molecule has 1 aliphatic rings. The molecular weight excluding hydrogens is 303 g/mol. The number of hydrogen-bond acceptors (Lipinski definition) is 5. The molecule has 2 rings (SSSR count). The molecule has 2 heterocycles. The van der Waals surface area contributed by atoms with Crippen molar-refractivity contribution in [1.82, 2.24) is 14.3 Å². The lowest BCUT2D eigenvalue weighted by atomic mass is 10.5. The van der Waals surface area contributed by atoms with Crippen LogP contribution in [0.2, 0.25) is 10.2 Å². The first kappa shape index (κ1) is 13.8. The molecule has 1 aliphatic heterocycles. The highest BCUT2D eigenvalue weighted by atomic mass is 35.5. The second-order valence-corrected chi connectivity index (χ2v) is 5.85. The number of hydrogen-bond donors (Lipinski definition) is 1. The largest absolute Gasteiger partial charge is 0.379 e. The fraction of sp³-hybridized carbons (Fsp3) is 0.500. The lowest BCUT2D eigenvalue weighted by molar-refractivity contribution is 0.0733. The van der Waals surface area contributed by atoms with Gasteiger partial charge in [0.1, 0.15) is 11.3 Å². The van der Waals surface area contributed by atoms with E-state index in [9.17, 15) is 8.42 Å². The summed E-state index contributed by atoms with van der Waals surface area (Å²) in [4.78, 5) is 7.38. The van der Waals surface area contributed by atoms with Crippen LogP contribution in [0.4, 0.5) is 5.82 Å². The van der Waals surface area contributed by atoms with E-state index in [2.05, 4.69) is 14.7 Å². The van der Waals surface area contributed by atoms with Gasteiger partial charge in [0.2, 0.25) is 0 Å². The molecule has 18 heavy (non-hydrogen) atoms. The molecule has 0 unspecified atom stereocenters. The third-order valence-electron chi connectivity index (χ3n) is 2.28. The fourth-order valence-electron chi connectivity index (χ4n) is 1.39. The molecule has 7 nitrogen and oxygen atoms in total. The SMILES string of the molecule is O=S(=O)(Nc1ncnc(Cl)c1Cl)N1CCOCC1. The van der Waals surface area contributed by atoms with E-state index in [1.807, 2.05) is 0 Å². The number of aromatic nitrogens is 2. The average molecular weight is 313 g/mol. The summed E-state index contributed by atoms with van der Waals surface area (Å²) >= 11 is 11.5. The van der Waals surface area contributed by atoms with E-state index in [1.54, 1.807) is 0 Å². The molecule has 0 aliphatic carbocycles. The minimum Gasteiger partial charge on any atom is -0.379 e. The zero-order valence-electron chi connectivity index (χ0n) is 9.14. The normalized spacial score (nSPS) is 17.7. The van der Waals surface area contributed by atoms with Crippen molar-refractivity contribution in [2.75, 3.05) is 31.0 Å². The Morgan fingerprint density at radius 1 is 1.28 bits per heavy atom. The Labute approximate surface area is 114 Å². The van der Waals surface area contributed by atoms with Crippen molar-refractivity contribution >= 4 is 39.2 Å². The van der Waals surface area contributed by atoms with Gasteiger partial charge in [0.05, 0.1) is 13.2 Å². The molecule has 10 heteroatoms. The molecule has 1 aromatic heterocycles. The van der Waals surface area contributed by atoms with E-state index < -0.39 is 10.2 Å². The lowest BCUT2D eigenvalue weighted by Crippen LogP contribution is -2.43. The van der Waals surface area contributed by atoms with Gasteiger partial charge in [0.25, 0.3) is 0 Å². The third-order valence-corrected chi connectivity index (χ3v) is 4.52. The molecular formula is C8H10Cl2N4O3S. The van der Waals surface area contributed by atoms with Crippen LogP contribution in [-0.4, -0.2) is 49.0 Å². The van der Waals surface area contributed by atoms with Crippen LogP contribution in [0.3, 0.4) is 0 Å². The number of morpholine rings is 1. The molecule has 0 radical (unpaired) electrons. The second kappa shape index (κ2) is 5.54. The van der Waals surface area contributed by atoms with Gasteiger partial charge in [0, 0.05) is 13.1 Å². The van der Waals surface area contributed by atoms with Crippen LogP contribution in [0.5, 0.6) is 0 Å². The Bertz CT molecular complexity index is 533. The van der Waals surface area contributed by atoms with Gasteiger partial charge in [-0.25, -0.2) is 9.97 Å². The van der Waals surface area contributed by atoms with Crippen molar-refractivity contribution in [2.45, 2.75) is 0 Å². The Hall–Kier alpha value is -0.670. The van der Waals surface area contributed by atoms with Crippen molar-refractivity contribution in [3.63, 3.8) is 0 Å². The van der Waals surface area contributed by atoms with Crippen LogP contribution < -0.4 is 4.72 Å². The fourth-order valence-corrected chi connectivity index (χ4v) is 2.89. The summed E-state index contributed by atoms with van der Waals surface area (Å²) in [5, 5.41) is -0.0395. The Kier molecular flexibility index (Phi) is 4.23. The standard InChI is InChI=1S/C8H10Cl2N4O3S/c9-6-7(10)11-5-12-8(6)13-18(15,16)14-1-3-17-4-2-14/h5H,1-4H2,(H,11,12,13). The highest BCUT2D eigenvalue weighted by Gasteiger charge is 2.25. The maximum absolute atomic E-state index is 12.0. The van der Waals surface area contributed by atoms with Crippen molar-refractivity contribution in [3.05, 3.63) is 16.5 Å². The maximum atomic E-state index is 12.0. The predicted molar refractivity (Wildman–Crippen MR) is 67.0 cm³/mol. The van der Waals surface area contributed by atoms with E-state index in [0.717, 1.165) is 6.33 Å². The Morgan fingerprint density at radius 2 is 1.94 bits per heavy atom. The first-order valence-corrected chi connectivity index (χ1v) is 7.22. The summed E-state index contributed by atoms with van der Waals surface area (Å²) < 4.78 is 32.6. The zero-order valence-corrected chi connectivity index (χ0v) is 11.5. The number of anilines is 1. The number of ether oxygens (including phenoxy) is 1. The molecule has 0 bridgehead atoms. The molecule has 1 saturated heterocycles. The highest BCUT2D eigenvalue weighted by Crippen LogP contribution is 2.26. The van der Waals surface area contributed by atoms with Gasteiger partial charge in [-0.3, -0.25) is 4.72 Å². The summed E-state index contributed by atoms with van der Waals surface area (Å²) in [5.74, 6) is -0.0387. The first-order chi connectivity index (χ1) is 8.50. The van der Waals surface area contributed by atoms with Crippen molar-refractivity contribution in [2.24, 2.45) is 0 Å². The summed E-state index contributed by atoms with van der Waals surface area (Å²) in [6.45, 7) is 1.29. The van der Waals surface area contributed by atoms with Crippen LogP contribution in [-0.2, 0) is 14.9 Å². The minimum absolute atomic E-state index is 0.00801. The average Bonchev–Trinajstić information content (AvgIpc) is 2.36. The van der Waals surface area contributed by atoms with Gasteiger partial charge in [-0.1, -0.05) is 23.2 Å². The smallest absolute Gasteiger partial charge is 0.303 e. The topological polar surface area (TPSA) is 84.4 Å². The van der Waals surface area contributed by atoms with Crippen LogP contribution in [0.15, 0.2) is 6.33 Å². The van der Waals surface area contributed by atoms with E-state index in [-0.39, 0.29) is 29.1 Å². The van der Waals surface area contributed by atoms with E-state index in [4.69, 9.17) is 27.9 Å². The van der Waals surface area contributed by atoms with Crippen molar-refractivity contribution in [3.8, 4) is 0 Å². The Morgan fingerprint density at radius 3 is 2.61 bits per heavy atom. The van der Waals surface area contributed by atoms with Gasteiger partial charge in [-0.15, -0.1) is 0 Å². The van der Waals surface area contributed by atoms with Gasteiger partial charge >= 0.3 is 10.2 Å². The molecule has 100 valence electrons. The molecule has 0 saturated carbocycles. The number of rotatable bonds is 3. The van der Waals surface area contributed by atoms with E-state index >= 15 is 0 Å². The van der Waals surface area contributed by atoms with Crippen molar-refractivity contribution < 1.29 is 13.2 Å². The summed E-state index contributed by atoms with van der Waals surface area (Å²) in [6, 6.07) is 0. The van der Waals surface area contributed by atoms with Crippen LogP contribution in [0, 0.1) is 0 Å². The molecule has 0 amide bonds. The minimum atomic E-state index is -3.71. The van der Waals surface area contributed by atoms with Gasteiger partial charge in [-0.05, 0) is 0 Å². The van der Waals surface area contributed by atoms with Gasteiger partial charge in [0.15, 0.2) is 11.0 Å². The van der Waals surface area contributed by atoms with Gasteiger partial charge < -0.3 is 4.74 Å². The molecule has 0 aromatic carbocycles. The molecule has 1 aromatic rings. The zero-order chi connectivity index (χ0) is 13.2. The van der Waals surface area contributed by atoms with Crippen LogP contribution >= 0.6 is 23.2 Å². The maximum Gasteiger partial charge on any atom is 0.303 e.